The van der Waals surface area contributed by atoms with E-state index in [0.717, 1.165) is 6.26 Å². The number of phenols is 1. The van der Waals surface area contributed by atoms with Gasteiger partial charge < -0.3 is 39.6 Å². The molecule has 9 unspecified atom stereocenters. The number of fused-ring (bicyclic) bond motifs is 14. The average Bonchev–Trinajstić information content (AvgIpc) is 3.36. The Hall–Kier alpha value is -5.19. The van der Waals surface area contributed by atoms with Gasteiger partial charge in [-0.1, -0.05) is 45.9 Å². The van der Waals surface area contributed by atoms with E-state index in [1.54, 1.807) is 33.8 Å². The third-order valence-corrected chi connectivity index (χ3v) is 10.1. The smallest absolute Gasteiger partial charge is 0.344 e. The van der Waals surface area contributed by atoms with Crippen molar-refractivity contribution < 1.29 is 63.2 Å². The zero-order chi connectivity index (χ0) is 39.9. The summed E-state index contributed by atoms with van der Waals surface area (Å²) < 4.78 is 22.9. The van der Waals surface area contributed by atoms with Gasteiger partial charge in [0, 0.05) is 55.8 Å². The number of nitrogens with zero attached hydrogens (tertiary/aromatic N) is 1. The number of nitro groups is 1. The third kappa shape index (κ3) is 7.39. The second kappa shape index (κ2) is 15.4. The third-order valence-electron chi connectivity index (χ3n) is 10.1. The van der Waals surface area contributed by atoms with Gasteiger partial charge in [-0.2, -0.15) is 0 Å². The van der Waals surface area contributed by atoms with E-state index in [0.29, 0.717) is 0 Å². The molecule has 16 nitrogen and oxygen atoms in total. The van der Waals surface area contributed by atoms with E-state index >= 15 is 0 Å². The number of methoxy groups -OCH3 is 1. The van der Waals surface area contributed by atoms with E-state index in [1.165, 1.54) is 53.0 Å². The average molecular weight is 741 g/mol. The normalized spacial score (nSPS) is 31.1. The van der Waals surface area contributed by atoms with Gasteiger partial charge in [0.05, 0.1) is 46.2 Å². The summed E-state index contributed by atoms with van der Waals surface area (Å²) in [4.78, 5) is 78.2. The van der Waals surface area contributed by atoms with Crippen LogP contribution in [-0.4, -0.2) is 86.8 Å². The number of esters is 1. The van der Waals surface area contributed by atoms with Crippen molar-refractivity contribution >= 4 is 29.2 Å². The van der Waals surface area contributed by atoms with Gasteiger partial charge in [0.2, 0.25) is 5.78 Å². The number of carbonyl (C=O) groups excluding carboxylic acids is 5. The summed E-state index contributed by atoms with van der Waals surface area (Å²) in [5, 5.41) is 48.1. The summed E-state index contributed by atoms with van der Waals surface area (Å²) in [6, 6.07) is 0. The van der Waals surface area contributed by atoms with Crippen molar-refractivity contribution in [2.45, 2.75) is 85.6 Å². The van der Waals surface area contributed by atoms with Gasteiger partial charge in [-0.25, -0.2) is 0 Å². The number of phenolic OH excluding ortho intramolecular Hbond substituents is 1. The molecule has 1 aliphatic carbocycles. The monoisotopic (exact) mass is 740 g/mol. The molecule has 4 aliphatic rings. The Bertz CT molecular complexity index is 1880. The lowest BCUT2D eigenvalue weighted by Crippen LogP contribution is -2.46. The molecule has 1 aromatic carbocycles. The zero-order valence-electron chi connectivity index (χ0n) is 30.8. The van der Waals surface area contributed by atoms with Crippen molar-refractivity contribution in [3.8, 4) is 11.5 Å². The predicted molar refractivity (Wildman–Crippen MR) is 185 cm³/mol. The quantitative estimate of drug-likeness (QED) is 0.198. The Morgan fingerprint density at radius 1 is 0.962 bits per heavy atom. The molecule has 0 spiro atoms. The van der Waals surface area contributed by atoms with Crippen LogP contribution in [0.5, 0.6) is 11.5 Å². The maximum Gasteiger partial charge on any atom is 0.344 e. The summed E-state index contributed by atoms with van der Waals surface area (Å²) in [6.07, 6.45) is 2.61. The standard InChI is InChI=1S/C37H44N2O14/c1-15-11-10-12-16(2)36(47)38-26-27(39(48)49)32(45)23-24(31(26)44)30(43)20(6)34-25(23)35(46)37(8,53-34)51-14-13-22(50-9)17(3)33(52-21(7)40)19(5)29(42)18(4)28(15)41/h10-15,17-19,22,28-29,33,41-43H,1-9H3,(H,38,47). The van der Waals surface area contributed by atoms with Crippen LogP contribution in [0.25, 0.3) is 0 Å². The molecule has 0 saturated carbocycles. The summed E-state index contributed by atoms with van der Waals surface area (Å²) >= 11 is 0. The minimum atomic E-state index is -2.22. The highest BCUT2D eigenvalue weighted by molar-refractivity contribution is 6.32. The van der Waals surface area contributed by atoms with Crippen molar-refractivity contribution in [2.24, 2.45) is 23.7 Å². The van der Waals surface area contributed by atoms with E-state index in [2.05, 4.69) is 5.32 Å². The fourth-order valence-corrected chi connectivity index (χ4v) is 6.85. The number of nitrogens with one attached hydrogen (secondary N) is 1. The number of hydrogen-bond acceptors (Lipinski definition) is 14. The molecule has 3 heterocycles. The number of ether oxygens (including phenoxy) is 4. The van der Waals surface area contributed by atoms with E-state index in [1.807, 2.05) is 0 Å². The molecule has 4 N–H and O–H groups in total. The molecule has 0 fully saturated rings. The number of rotatable bonds is 3. The number of ketones is 3. The molecule has 1 aromatic rings. The largest absolute Gasteiger partial charge is 0.507 e. The second-order valence-corrected chi connectivity index (χ2v) is 13.8. The van der Waals surface area contributed by atoms with Crippen LogP contribution in [0, 0.1) is 40.7 Å². The van der Waals surface area contributed by atoms with E-state index in [4.69, 9.17) is 18.9 Å². The maximum atomic E-state index is 14.0. The lowest BCUT2D eigenvalue weighted by atomic mass is 9.78. The van der Waals surface area contributed by atoms with E-state index in [9.17, 15) is 49.4 Å². The summed E-state index contributed by atoms with van der Waals surface area (Å²) in [5.74, 6) is -11.5. The van der Waals surface area contributed by atoms with E-state index in [-0.39, 0.29) is 16.9 Å². The molecule has 0 radical (unpaired) electrons. The van der Waals surface area contributed by atoms with Crippen LogP contribution >= 0.6 is 0 Å². The van der Waals surface area contributed by atoms with Crippen LogP contribution in [0.4, 0.5) is 0 Å². The lowest BCUT2D eigenvalue weighted by Gasteiger charge is -2.38. The molecule has 286 valence electrons. The first-order chi connectivity index (χ1) is 24.7. The molecule has 5 rings (SSSR count). The molecular formula is C37H44N2O14. The van der Waals surface area contributed by atoms with Crippen LogP contribution in [0.2, 0.25) is 0 Å². The van der Waals surface area contributed by atoms with Crippen LogP contribution in [0.1, 0.15) is 85.1 Å². The minimum Gasteiger partial charge on any atom is -0.507 e. The van der Waals surface area contributed by atoms with Crippen molar-refractivity contribution in [1.29, 1.82) is 0 Å². The first-order valence-corrected chi connectivity index (χ1v) is 16.9. The minimum absolute atomic E-state index is 0.0647. The highest BCUT2D eigenvalue weighted by Crippen LogP contribution is 2.48. The van der Waals surface area contributed by atoms with Crippen molar-refractivity contribution in [1.82, 2.24) is 5.32 Å². The molecular weight excluding hydrogens is 696 g/mol. The lowest BCUT2D eigenvalue weighted by molar-refractivity contribution is -0.417. The van der Waals surface area contributed by atoms with Gasteiger partial charge in [0.1, 0.15) is 17.6 Å². The number of aliphatic hydroxyl groups excluding tert-OH is 2. The highest BCUT2D eigenvalue weighted by atomic mass is 16.7. The predicted octanol–water partition coefficient (Wildman–Crippen LogP) is 3.23. The van der Waals surface area contributed by atoms with Gasteiger partial charge in [0.25, 0.3) is 17.5 Å². The zero-order valence-corrected chi connectivity index (χ0v) is 30.8. The molecule has 0 aromatic heterocycles. The van der Waals surface area contributed by atoms with Crippen molar-refractivity contribution in [3.63, 3.8) is 0 Å². The number of Topliss-reactive ketones (excluding diaryl/α,β-unsaturated/α-hetero) is 3. The number of amides is 1. The number of hydrogen-bond donors (Lipinski definition) is 4. The highest BCUT2D eigenvalue weighted by Gasteiger charge is 2.54. The van der Waals surface area contributed by atoms with Crippen LogP contribution in [0.3, 0.4) is 0 Å². The van der Waals surface area contributed by atoms with Crippen LogP contribution < -0.4 is 10.1 Å². The fourth-order valence-electron chi connectivity index (χ4n) is 6.85. The second-order valence-electron chi connectivity index (χ2n) is 13.8. The first-order valence-electron chi connectivity index (χ1n) is 16.9. The molecule has 9 atom stereocenters. The Morgan fingerprint density at radius 2 is 1.60 bits per heavy atom. The van der Waals surface area contributed by atoms with Gasteiger partial charge in [-0.15, -0.1) is 0 Å². The Labute approximate surface area is 305 Å². The molecule has 53 heavy (non-hydrogen) atoms. The number of aliphatic hydroxyl groups is 2. The Kier molecular flexibility index (Phi) is 11.8. The number of benzene rings is 1. The number of aromatic hydroxyl groups is 1. The summed E-state index contributed by atoms with van der Waals surface area (Å²) in [6.45, 7) is 11.7. The number of allylic oxidation sites excluding steroid dienone is 4. The Morgan fingerprint density at radius 3 is 2.19 bits per heavy atom. The summed E-state index contributed by atoms with van der Waals surface area (Å²) in [7, 11) is 1.37. The van der Waals surface area contributed by atoms with Gasteiger partial charge >= 0.3 is 17.5 Å². The van der Waals surface area contributed by atoms with Gasteiger partial charge in [-0.05, 0) is 19.9 Å². The SMILES string of the molecule is COC1C=COC2(C)Oc3c(C)c(O)c4c(c3C2=O)C(=O)C([N+](=O)[O-])=C(NC(=O)C(C)=CC=CC(C)C(O)C(C)C(O)C(C)C(OC(C)=O)C1C)C4=O. The fraction of sp³-hybridized carbons (Fsp3) is 0.486. The van der Waals surface area contributed by atoms with Gasteiger partial charge in [0.15, 0.2) is 5.70 Å². The van der Waals surface area contributed by atoms with Crippen LogP contribution in [-0.2, 0) is 23.8 Å². The number of carbonyl (C=O) groups is 5. The van der Waals surface area contributed by atoms with Gasteiger partial charge in [-0.3, -0.25) is 34.1 Å². The first kappa shape index (κ1) is 40.6. The van der Waals surface area contributed by atoms with Crippen molar-refractivity contribution in [3.05, 3.63) is 79.9 Å². The molecule has 1 amide bonds. The molecule has 3 aliphatic heterocycles. The maximum absolute atomic E-state index is 14.0. The van der Waals surface area contributed by atoms with E-state index < -0.39 is 122 Å². The topological polar surface area (TPSA) is 238 Å². The van der Waals surface area contributed by atoms with Crippen molar-refractivity contribution in [2.75, 3.05) is 7.11 Å². The van der Waals surface area contributed by atoms with Crippen LogP contribution in [0.15, 0.2) is 47.5 Å². The summed E-state index contributed by atoms with van der Waals surface area (Å²) in [5.41, 5.74) is -4.63. The molecule has 0 saturated heterocycles. The molecule has 16 heteroatoms. The Balaban J connectivity index is 1.91. The molecule has 5 bridgehead atoms.